The van der Waals surface area contributed by atoms with E-state index in [-0.39, 0.29) is 5.25 Å². The molecule has 14 heavy (non-hydrogen) atoms. The first-order chi connectivity index (χ1) is 6.68. The van der Waals surface area contributed by atoms with Gasteiger partial charge < -0.3 is 0 Å². The zero-order chi connectivity index (χ0) is 10.0. The van der Waals surface area contributed by atoms with E-state index < -0.39 is 10.0 Å². The molecule has 2 fully saturated rings. The molecule has 0 unspecified atom stereocenters. The van der Waals surface area contributed by atoms with E-state index in [0.29, 0.717) is 12.5 Å². The van der Waals surface area contributed by atoms with Gasteiger partial charge in [-0.1, -0.05) is 19.3 Å². The normalized spacial score (nSPS) is 25.1. The van der Waals surface area contributed by atoms with E-state index in [0.717, 1.165) is 12.8 Å². The monoisotopic (exact) mass is 217 g/mol. The van der Waals surface area contributed by atoms with Crippen LogP contribution in [-0.2, 0) is 10.0 Å². The molecule has 0 heterocycles. The van der Waals surface area contributed by atoms with Gasteiger partial charge in [0.15, 0.2) is 0 Å². The Morgan fingerprint density at radius 3 is 2.21 bits per heavy atom. The van der Waals surface area contributed by atoms with Crippen molar-refractivity contribution in [1.29, 1.82) is 0 Å². The molecule has 2 rings (SSSR count). The van der Waals surface area contributed by atoms with Crippen LogP contribution in [0.4, 0.5) is 0 Å². The van der Waals surface area contributed by atoms with Crippen molar-refractivity contribution in [3.8, 4) is 0 Å². The molecule has 3 nitrogen and oxygen atoms in total. The highest BCUT2D eigenvalue weighted by Gasteiger charge is 2.35. The smallest absolute Gasteiger partial charge is 0.214 e. The highest BCUT2D eigenvalue weighted by atomic mass is 32.2. The Labute approximate surface area is 86.3 Å². The van der Waals surface area contributed by atoms with E-state index in [2.05, 4.69) is 4.72 Å². The molecule has 0 radical (unpaired) electrons. The van der Waals surface area contributed by atoms with Crippen molar-refractivity contribution in [2.45, 2.75) is 50.2 Å². The van der Waals surface area contributed by atoms with Crippen LogP contribution >= 0.6 is 0 Å². The van der Waals surface area contributed by atoms with E-state index in [4.69, 9.17) is 0 Å². The Hall–Kier alpha value is -0.0900. The van der Waals surface area contributed by atoms with Crippen molar-refractivity contribution in [3.05, 3.63) is 0 Å². The maximum atomic E-state index is 11.5. The summed E-state index contributed by atoms with van der Waals surface area (Å²) < 4.78 is 25.8. The van der Waals surface area contributed by atoms with E-state index in [1.165, 1.54) is 32.1 Å². The Bertz CT molecular complexity index is 276. The van der Waals surface area contributed by atoms with Gasteiger partial charge in [-0.15, -0.1) is 0 Å². The van der Waals surface area contributed by atoms with Crippen LogP contribution in [-0.4, -0.2) is 20.2 Å². The molecule has 0 bridgehead atoms. The molecule has 0 saturated heterocycles. The van der Waals surface area contributed by atoms with Gasteiger partial charge >= 0.3 is 0 Å². The Kier molecular flexibility index (Phi) is 3.12. The third-order valence-electron chi connectivity index (χ3n) is 3.26. The molecule has 1 N–H and O–H groups in total. The molecular formula is C10H19NO2S. The first-order valence-electron chi connectivity index (χ1n) is 5.67. The largest absolute Gasteiger partial charge is 0.215 e. The highest BCUT2D eigenvalue weighted by molar-refractivity contribution is 7.90. The molecule has 4 heteroatoms. The van der Waals surface area contributed by atoms with Gasteiger partial charge in [0, 0.05) is 6.54 Å². The first kappa shape index (κ1) is 10.4. The summed E-state index contributed by atoms with van der Waals surface area (Å²) in [5, 5.41) is -0.0638. The minimum atomic E-state index is -2.94. The average molecular weight is 217 g/mol. The highest BCUT2D eigenvalue weighted by Crippen LogP contribution is 2.28. The van der Waals surface area contributed by atoms with Crippen LogP contribution in [0.1, 0.15) is 44.9 Å². The molecular weight excluding hydrogens is 198 g/mol. The molecule has 0 atom stereocenters. The van der Waals surface area contributed by atoms with Crippen molar-refractivity contribution in [1.82, 2.24) is 4.72 Å². The zero-order valence-corrected chi connectivity index (χ0v) is 9.35. The number of nitrogens with one attached hydrogen (secondary N) is 1. The van der Waals surface area contributed by atoms with Crippen molar-refractivity contribution >= 4 is 10.0 Å². The van der Waals surface area contributed by atoms with Crippen LogP contribution < -0.4 is 4.72 Å². The number of hydrogen-bond donors (Lipinski definition) is 1. The van der Waals surface area contributed by atoms with E-state index >= 15 is 0 Å². The van der Waals surface area contributed by atoms with Gasteiger partial charge in [-0.25, -0.2) is 13.1 Å². The van der Waals surface area contributed by atoms with E-state index in [1.54, 1.807) is 0 Å². The maximum Gasteiger partial charge on any atom is 0.214 e. The fourth-order valence-electron chi connectivity index (χ4n) is 2.12. The summed E-state index contributed by atoms with van der Waals surface area (Å²) in [6, 6.07) is 0. The van der Waals surface area contributed by atoms with E-state index in [1.807, 2.05) is 0 Å². The Morgan fingerprint density at radius 2 is 1.64 bits per heavy atom. The summed E-state index contributed by atoms with van der Waals surface area (Å²) >= 11 is 0. The molecule has 0 aliphatic heterocycles. The number of rotatable bonds is 4. The lowest BCUT2D eigenvalue weighted by Gasteiger charge is -2.21. The molecule has 2 saturated carbocycles. The molecule has 2 aliphatic carbocycles. The minimum absolute atomic E-state index is 0.0638. The van der Waals surface area contributed by atoms with Crippen molar-refractivity contribution < 1.29 is 8.42 Å². The first-order valence-corrected chi connectivity index (χ1v) is 7.21. The second-order valence-electron chi connectivity index (χ2n) is 4.60. The molecule has 82 valence electrons. The van der Waals surface area contributed by atoms with Crippen LogP contribution in [0.15, 0.2) is 0 Å². The van der Waals surface area contributed by atoms with Crippen molar-refractivity contribution in [2.75, 3.05) is 6.54 Å². The van der Waals surface area contributed by atoms with Crippen LogP contribution in [0.2, 0.25) is 0 Å². The van der Waals surface area contributed by atoms with Gasteiger partial charge in [0.25, 0.3) is 0 Å². The second-order valence-corrected chi connectivity index (χ2v) is 6.64. The van der Waals surface area contributed by atoms with Gasteiger partial charge in [-0.05, 0) is 31.6 Å². The average Bonchev–Trinajstić information content (AvgIpc) is 3.00. The van der Waals surface area contributed by atoms with Crippen LogP contribution in [0.25, 0.3) is 0 Å². The maximum absolute atomic E-state index is 11.5. The second kappa shape index (κ2) is 4.19. The standard InChI is InChI=1S/C10H19NO2S/c12-14(13,10-6-7-10)11-8-9-4-2-1-3-5-9/h9-11H,1-8H2. The van der Waals surface area contributed by atoms with E-state index in [9.17, 15) is 8.42 Å². The van der Waals surface area contributed by atoms with Gasteiger partial charge in [0.05, 0.1) is 5.25 Å². The van der Waals surface area contributed by atoms with Crippen molar-refractivity contribution in [3.63, 3.8) is 0 Å². The van der Waals surface area contributed by atoms with Crippen molar-refractivity contribution in [2.24, 2.45) is 5.92 Å². The van der Waals surface area contributed by atoms with Crippen LogP contribution in [0.3, 0.4) is 0 Å². The topological polar surface area (TPSA) is 46.2 Å². The van der Waals surface area contributed by atoms with Gasteiger partial charge in [0.1, 0.15) is 0 Å². The summed E-state index contributed by atoms with van der Waals surface area (Å²) in [6.07, 6.45) is 8.00. The summed E-state index contributed by atoms with van der Waals surface area (Å²) in [6.45, 7) is 0.679. The summed E-state index contributed by atoms with van der Waals surface area (Å²) in [7, 11) is -2.94. The molecule has 2 aliphatic rings. The quantitative estimate of drug-likeness (QED) is 0.778. The predicted molar refractivity (Wildman–Crippen MR) is 56.5 cm³/mol. The lowest BCUT2D eigenvalue weighted by molar-refractivity contribution is 0.357. The fraction of sp³-hybridized carbons (Fsp3) is 1.00. The molecule has 0 amide bonds. The predicted octanol–water partition coefficient (Wildman–Crippen LogP) is 1.65. The lowest BCUT2D eigenvalue weighted by Crippen LogP contribution is -2.32. The Morgan fingerprint density at radius 1 is 1.00 bits per heavy atom. The summed E-state index contributed by atoms with van der Waals surface area (Å²) in [5.41, 5.74) is 0. The SMILES string of the molecule is O=S(=O)(NCC1CCCCC1)C1CC1. The number of sulfonamides is 1. The molecule has 0 aromatic rings. The zero-order valence-electron chi connectivity index (χ0n) is 8.54. The minimum Gasteiger partial charge on any atom is -0.215 e. The summed E-state index contributed by atoms with van der Waals surface area (Å²) in [4.78, 5) is 0. The van der Waals surface area contributed by atoms with Gasteiger partial charge in [-0.3, -0.25) is 0 Å². The molecule has 0 spiro atoms. The molecule has 0 aromatic heterocycles. The van der Waals surface area contributed by atoms with Gasteiger partial charge in [-0.2, -0.15) is 0 Å². The lowest BCUT2D eigenvalue weighted by atomic mass is 9.90. The van der Waals surface area contributed by atoms with Gasteiger partial charge in [0.2, 0.25) is 10.0 Å². The summed E-state index contributed by atoms with van der Waals surface area (Å²) in [5.74, 6) is 0.595. The third kappa shape index (κ3) is 2.70. The van der Waals surface area contributed by atoms with Crippen LogP contribution in [0, 0.1) is 5.92 Å². The third-order valence-corrected chi connectivity index (χ3v) is 5.18. The number of hydrogen-bond acceptors (Lipinski definition) is 2. The Balaban J connectivity index is 1.75. The van der Waals surface area contributed by atoms with Crippen LogP contribution in [0.5, 0.6) is 0 Å². The fourth-order valence-corrected chi connectivity index (χ4v) is 3.58. The molecule has 0 aromatic carbocycles.